The predicted octanol–water partition coefficient (Wildman–Crippen LogP) is 3.22. The quantitative estimate of drug-likeness (QED) is 0.761. The standard InChI is InChI=1S/C17H18N2O3/c1-10-4-7-14(16(21)8-10)19-17(22)13-6-5-11(2)15(9-13)18-12(3)20/h4-9,21H,1-3H3,(H,18,20)(H,19,22). The summed E-state index contributed by atoms with van der Waals surface area (Å²) in [5, 5.41) is 15.2. The predicted molar refractivity (Wildman–Crippen MR) is 86.3 cm³/mol. The van der Waals surface area contributed by atoms with Gasteiger partial charge in [-0.1, -0.05) is 12.1 Å². The summed E-state index contributed by atoms with van der Waals surface area (Å²) in [5.74, 6) is -0.537. The molecule has 3 N–H and O–H groups in total. The first-order valence-electron chi connectivity index (χ1n) is 6.86. The Balaban J connectivity index is 2.24. The Kier molecular flexibility index (Phi) is 4.46. The molecule has 2 amide bonds. The van der Waals surface area contributed by atoms with Gasteiger partial charge < -0.3 is 15.7 Å². The van der Waals surface area contributed by atoms with Crippen LogP contribution < -0.4 is 10.6 Å². The highest BCUT2D eigenvalue weighted by Gasteiger charge is 2.11. The second kappa shape index (κ2) is 6.30. The van der Waals surface area contributed by atoms with E-state index in [9.17, 15) is 14.7 Å². The van der Waals surface area contributed by atoms with Crippen molar-refractivity contribution in [3.05, 3.63) is 53.1 Å². The molecule has 0 aliphatic rings. The number of hydrogen-bond acceptors (Lipinski definition) is 3. The number of anilines is 2. The Morgan fingerprint density at radius 3 is 2.32 bits per heavy atom. The Morgan fingerprint density at radius 2 is 1.68 bits per heavy atom. The van der Waals surface area contributed by atoms with Crippen molar-refractivity contribution in [1.29, 1.82) is 0 Å². The van der Waals surface area contributed by atoms with E-state index in [-0.39, 0.29) is 17.6 Å². The van der Waals surface area contributed by atoms with E-state index in [1.165, 1.54) is 6.92 Å². The molecular formula is C17H18N2O3. The lowest BCUT2D eigenvalue weighted by Gasteiger charge is -2.11. The number of carbonyl (C=O) groups is 2. The minimum atomic E-state index is -0.356. The minimum absolute atomic E-state index is 0.0162. The largest absolute Gasteiger partial charge is 0.506 e. The van der Waals surface area contributed by atoms with Crippen LogP contribution in [0.1, 0.15) is 28.4 Å². The lowest BCUT2D eigenvalue weighted by Crippen LogP contribution is -2.14. The van der Waals surface area contributed by atoms with Gasteiger partial charge in [-0.3, -0.25) is 9.59 Å². The molecule has 0 saturated heterocycles. The Morgan fingerprint density at radius 1 is 0.955 bits per heavy atom. The molecular weight excluding hydrogens is 280 g/mol. The number of rotatable bonds is 3. The van der Waals surface area contributed by atoms with Crippen molar-refractivity contribution in [2.75, 3.05) is 10.6 Å². The molecule has 0 aromatic heterocycles. The van der Waals surface area contributed by atoms with Crippen LogP contribution in [0.4, 0.5) is 11.4 Å². The van der Waals surface area contributed by atoms with Gasteiger partial charge in [-0.2, -0.15) is 0 Å². The average molecular weight is 298 g/mol. The molecule has 0 bridgehead atoms. The summed E-state index contributed by atoms with van der Waals surface area (Å²) in [7, 11) is 0. The van der Waals surface area contributed by atoms with Crippen LogP contribution in [0.5, 0.6) is 5.75 Å². The van der Waals surface area contributed by atoms with Gasteiger partial charge >= 0.3 is 0 Å². The lowest BCUT2D eigenvalue weighted by atomic mass is 10.1. The van der Waals surface area contributed by atoms with Crippen LogP contribution in [0.15, 0.2) is 36.4 Å². The molecule has 0 aliphatic carbocycles. The highest BCUT2D eigenvalue weighted by atomic mass is 16.3. The molecule has 2 aromatic carbocycles. The summed E-state index contributed by atoms with van der Waals surface area (Å²) in [4.78, 5) is 23.4. The molecule has 22 heavy (non-hydrogen) atoms. The third-order valence-electron chi connectivity index (χ3n) is 3.21. The van der Waals surface area contributed by atoms with Crippen molar-refractivity contribution >= 4 is 23.2 Å². The molecule has 0 fully saturated rings. The van der Waals surface area contributed by atoms with Crippen LogP contribution in [0.25, 0.3) is 0 Å². The second-order valence-corrected chi connectivity index (χ2v) is 5.19. The van der Waals surface area contributed by atoms with Gasteiger partial charge in [0.1, 0.15) is 5.75 Å². The molecule has 5 heteroatoms. The number of phenolic OH excluding ortho intramolecular Hbond substituents is 1. The fourth-order valence-electron chi connectivity index (χ4n) is 2.03. The highest BCUT2D eigenvalue weighted by Crippen LogP contribution is 2.25. The maximum absolute atomic E-state index is 12.3. The topological polar surface area (TPSA) is 78.4 Å². The number of aromatic hydroxyl groups is 1. The number of benzene rings is 2. The third-order valence-corrected chi connectivity index (χ3v) is 3.21. The van der Waals surface area contributed by atoms with Gasteiger partial charge in [0.25, 0.3) is 5.91 Å². The fourth-order valence-corrected chi connectivity index (χ4v) is 2.03. The average Bonchev–Trinajstić information content (AvgIpc) is 2.43. The fraction of sp³-hybridized carbons (Fsp3) is 0.176. The molecule has 0 spiro atoms. The first-order valence-corrected chi connectivity index (χ1v) is 6.86. The maximum atomic E-state index is 12.3. The van der Waals surface area contributed by atoms with Crippen LogP contribution in [-0.2, 0) is 4.79 Å². The summed E-state index contributed by atoms with van der Waals surface area (Å²) < 4.78 is 0. The minimum Gasteiger partial charge on any atom is -0.506 e. The van der Waals surface area contributed by atoms with Crippen LogP contribution in [0.3, 0.4) is 0 Å². The van der Waals surface area contributed by atoms with Crippen molar-refractivity contribution in [2.45, 2.75) is 20.8 Å². The van der Waals surface area contributed by atoms with E-state index in [1.54, 1.807) is 36.4 Å². The SMILES string of the molecule is CC(=O)Nc1cc(C(=O)Nc2ccc(C)cc2O)ccc1C. The molecule has 0 radical (unpaired) electrons. The Bertz CT molecular complexity index is 739. The van der Waals surface area contributed by atoms with Crippen molar-refractivity contribution < 1.29 is 14.7 Å². The van der Waals surface area contributed by atoms with E-state index in [0.29, 0.717) is 16.9 Å². The van der Waals surface area contributed by atoms with Crippen LogP contribution >= 0.6 is 0 Å². The molecule has 2 aromatic rings. The zero-order chi connectivity index (χ0) is 16.3. The van der Waals surface area contributed by atoms with E-state index in [1.807, 2.05) is 13.8 Å². The van der Waals surface area contributed by atoms with Gasteiger partial charge in [0.15, 0.2) is 0 Å². The lowest BCUT2D eigenvalue weighted by molar-refractivity contribution is -0.114. The molecule has 2 rings (SSSR count). The van der Waals surface area contributed by atoms with Crippen molar-refractivity contribution in [3.63, 3.8) is 0 Å². The normalized spacial score (nSPS) is 10.1. The summed E-state index contributed by atoms with van der Waals surface area (Å²) in [5.41, 5.74) is 3.10. The monoisotopic (exact) mass is 298 g/mol. The summed E-state index contributed by atoms with van der Waals surface area (Å²) in [6.45, 7) is 5.11. The van der Waals surface area contributed by atoms with Gasteiger partial charge in [-0.15, -0.1) is 0 Å². The Labute approximate surface area is 129 Å². The zero-order valence-corrected chi connectivity index (χ0v) is 12.7. The summed E-state index contributed by atoms with van der Waals surface area (Å²) >= 11 is 0. The first kappa shape index (κ1) is 15.6. The summed E-state index contributed by atoms with van der Waals surface area (Å²) in [6, 6.07) is 10.1. The first-order chi connectivity index (χ1) is 10.4. The van der Waals surface area contributed by atoms with Crippen LogP contribution in [0, 0.1) is 13.8 Å². The van der Waals surface area contributed by atoms with E-state index >= 15 is 0 Å². The molecule has 0 saturated carbocycles. The number of amides is 2. The van der Waals surface area contributed by atoms with Crippen molar-refractivity contribution in [2.24, 2.45) is 0 Å². The molecule has 5 nitrogen and oxygen atoms in total. The van der Waals surface area contributed by atoms with Gasteiger partial charge in [0, 0.05) is 18.2 Å². The molecule has 0 aliphatic heterocycles. The van der Waals surface area contributed by atoms with Gasteiger partial charge in [0.2, 0.25) is 5.91 Å². The van der Waals surface area contributed by atoms with E-state index in [4.69, 9.17) is 0 Å². The number of carbonyl (C=O) groups excluding carboxylic acids is 2. The van der Waals surface area contributed by atoms with Gasteiger partial charge in [-0.25, -0.2) is 0 Å². The molecule has 0 atom stereocenters. The van der Waals surface area contributed by atoms with E-state index in [0.717, 1.165) is 11.1 Å². The number of aryl methyl sites for hydroxylation is 2. The van der Waals surface area contributed by atoms with Crippen LogP contribution in [0.2, 0.25) is 0 Å². The number of phenols is 1. The van der Waals surface area contributed by atoms with Gasteiger partial charge in [-0.05, 0) is 49.2 Å². The van der Waals surface area contributed by atoms with Crippen molar-refractivity contribution in [3.8, 4) is 5.75 Å². The van der Waals surface area contributed by atoms with E-state index in [2.05, 4.69) is 10.6 Å². The maximum Gasteiger partial charge on any atom is 0.255 e. The zero-order valence-electron chi connectivity index (χ0n) is 12.7. The smallest absolute Gasteiger partial charge is 0.255 e. The van der Waals surface area contributed by atoms with E-state index < -0.39 is 0 Å². The second-order valence-electron chi connectivity index (χ2n) is 5.19. The summed E-state index contributed by atoms with van der Waals surface area (Å²) in [6.07, 6.45) is 0. The third kappa shape index (κ3) is 3.63. The molecule has 114 valence electrons. The number of nitrogens with one attached hydrogen (secondary N) is 2. The van der Waals surface area contributed by atoms with Gasteiger partial charge in [0.05, 0.1) is 5.69 Å². The molecule has 0 heterocycles. The molecule has 0 unspecified atom stereocenters. The Hall–Kier alpha value is -2.82. The highest BCUT2D eigenvalue weighted by molar-refractivity contribution is 6.06. The van der Waals surface area contributed by atoms with Crippen molar-refractivity contribution in [1.82, 2.24) is 0 Å². The number of hydrogen-bond donors (Lipinski definition) is 3. The van der Waals surface area contributed by atoms with Crippen LogP contribution in [-0.4, -0.2) is 16.9 Å².